The standard InChI is InChI=1S/C24H20ClN5O4S2/c1-15(16-9-3-2-4-10-16)26-22(32)18-12-6-8-14-20(18)30-36(33,34)24-29-28-23(35-24)27-21(31)17-11-5-7-13-19(17)25/h2-15,30H,1H3,(H,26,32)(H,27,28,31)/t15-/m0/s1. The van der Waals surface area contributed by atoms with Crippen LogP contribution in [-0.2, 0) is 10.0 Å². The van der Waals surface area contributed by atoms with Gasteiger partial charge in [-0.05, 0) is 36.8 Å². The zero-order valence-electron chi connectivity index (χ0n) is 18.8. The number of anilines is 2. The van der Waals surface area contributed by atoms with Gasteiger partial charge in [0, 0.05) is 0 Å². The van der Waals surface area contributed by atoms with E-state index >= 15 is 0 Å². The highest BCUT2D eigenvalue weighted by molar-refractivity contribution is 7.94. The molecule has 0 radical (unpaired) electrons. The monoisotopic (exact) mass is 541 g/mol. The Bertz CT molecular complexity index is 1510. The SMILES string of the molecule is C[C@H](NC(=O)c1ccccc1NS(=O)(=O)c1nnc(NC(=O)c2ccccc2Cl)s1)c1ccccc1. The lowest BCUT2D eigenvalue weighted by atomic mass is 10.1. The first kappa shape index (κ1) is 25.3. The van der Waals surface area contributed by atoms with Crippen LogP contribution in [0.5, 0.6) is 0 Å². The maximum atomic E-state index is 13.0. The maximum absolute atomic E-state index is 13.0. The van der Waals surface area contributed by atoms with E-state index in [1.54, 1.807) is 30.3 Å². The quantitative estimate of drug-likeness (QED) is 0.276. The van der Waals surface area contributed by atoms with Crippen LogP contribution < -0.4 is 15.4 Å². The number of nitrogens with zero attached hydrogens (tertiary/aromatic N) is 2. The Morgan fingerprint density at radius 1 is 0.861 bits per heavy atom. The van der Waals surface area contributed by atoms with Crippen LogP contribution in [0.3, 0.4) is 0 Å². The lowest BCUT2D eigenvalue weighted by Crippen LogP contribution is -2.28. The fourth-order valence-corrected chi connectivity index (χ4v) is 5.43. The summed E-state index contributed by atoms with van der Waals surface area (Å²) in [4.78, 5) is 25.4. The number of benzene rings is 3. The molecule has 0 fully saturated rings. The number of carbonyl (C=O) groups is 2. The molecule has 2 amide bonds. The molecule has 0 spiro atoms. The van der Waals surface area contributed by atoms with Crippen LogP contribution >= 0.6 is 22.9 Å². The second-order valence-corrected chi connectivity index (χ2v) is 10.8. The Balaban J connectivity index is 1.49. The van der Waals surface area contributed by atoms with Crippen molar-refractivity contribution in [1.29, 1.82) is 0 Å². The second-order valence-electron chi connectivity index (χ2n) is 7.56. The summed E-state index contributed by atoms with van der Waals surface area (Å²) in [5.74, 6) is -1.00. The highest BCUT2D eigenvalue weighted by Gasteiger charge is 2.24. The molecule has 36 heavy (non-hydrogen) atoms. The first-order chi connectivity index (χ1) is 17.2. The van der Waals surface area contributed by atoms with Gasteiger partial charge in [-0.15, -0.1) is 10.2 Å². The molecular weight excluding hydrogens is 522 g/mol. The third kappa shape index (κ3) is 5.88. The van der Waals surface area contributed by atoms with Crippen molar-refractivity contribution < 1.29 is 18.0 Å². The molecule has 1 aromatic heterocycles. The molecule has 0 aliphatic heterocycles. The van der Waals surface area contributed by atoms with E-state index in [9.17, 15) is 18.0 Å². The number of nitrogens with one attached hydrogen (secondary N) is 3. The van der Waals surface area contributed by atoms with Gasteiger partial charge in [-0.1, -0.05) is 77.5 Å². The van der Waals surface area contributed by atoms with Crippen LogP contribution in [0.15, 0.2) is 83.2 Å². The van der Waals surface area contributed by atoms with Crippen LogP contribution in [0.2, 0.25) is 5.02 Å². The number of halogens is 1. The van der Waals surface area contributed by atoms with Crippen molar-refractivity contribution in [1.82, 2.24) is 15.5 Å². The number of aromatic nitrogens is 2. The van der Waals surface area contributed by atoms with Crippen LogP contribution in [0.1, 0.15) is 39.2 Å². The average Bonchev–Trinajstić information content (AvgIpc) is 3.34. The second kappa shape index (κ2) is 10.9. The number of sulfonamides is 1. The van der Waals surface area contributed by atoms with E-state index in [0.29, 0.717) is 11.3 Å². The molecule has 0 aliphatic rings. The van der Waals surface area contributed by atoms with E-state index in [-0.39, 0.29) is 37.3 Å². The average molecular weight is 542 g/mol. The highest BCUT2D eigenvalue weighted by atomic mass is 35.5. The Morgan fingerprint density at radius 2 is 1.50 bits per heavy atom. The molecule has 4 rings (SSSR count). The van der Waals surface area contributed by atoms with E-state index in [0.717, 1.165) is 5.56 Å². The van der Waals surface area contributed by atoms with Crippen LogP contribution in [0.25, 0.3) is 0 Å². The predicted octanol–water partition coefficient (Wildman–Crippen LogP) is 4.74. The Hall–Kier alpha value is -3.80. The Morgan fingerprint density at radius 3 is 2.22 bits per heavy atom. The molecular formula is C24H20ClN5O4S2. The number of amides is 2. The van der Waals surface area contributed by atoms with E-state index in [1.807, 2.05) is 37.3 Å². The molecule has 0 bridgehead atoms. The Labute approximate surface area is 216 Å². The van der Waals surface area contributed by atoms with Crippen molar-refractivity contribution in [2.45, 2.75) is 17.3 Å². The summed E-state index contributed by atoms with van der Waals surface area (Å²) in [6.45, 7) is 1.83. The number of carbonyl (C=O) groups excluding carboxylic acids is 2. The minimum absolute atomic E-state index is 0.0250. The molecule has 12 heteroatoms. The number of hydrogen-bond donors (Lipinski definition) is 3. The summed E-state index contributed by atoms with van der Waals surface area (Å²) in [6.07, 6.45) is 0. The minimum atomic E-state index is -4.20. The smallest absolute Gasteiger partial charge is 0.291 e. The lowest BCUT2D eigenvalue weighted by Gasteiger charge is -2.16. The van der Waals surface area contributed by atoms with Crippen LogP contribution in [0.4, 0.5) is 10.8 Å². The molecule has 0 saturated carbocycles. The van der Waals surface area contributed by atoms with Gasteiger partial charge in [0.05, 0.1) is 27.9 Å². The zero-order valence-corrected chi connectivity index (χ0v) is 21.2. The van der Waals surface area contributed by atoms with Crippen LogP contribution in [0, 0.1) is 0 Å². The summed E-state index contributed by atoms with van der Waals surface area (Å²) in [5, 5.41) is 13.0. The summed E-state index contributed by atoms with van der Waals surface area (Å²) >= 11 is 6.69. The van der Waals surface area contributed by atoms with Gasteiger partial charge in [0.2, 0.25) is 5.13 Å². The van der Waals surface area contributed by atoms with Gasteiger partial charge in [-0.25, -0.2) is 0 Å². The van der Waals surface area contributed by atoms with E-state index in [2.05, 4.69) is 25.6 Å². The van der Waals surface area contributed by atoms with Crippen molar-refractivity contribution in [2.75, 3.05) is 10.0 Å². The highest BCUT2D eigenvalue weighted by Crippen LogP contribution is 2.26. The van der Waals surface area contributed by atoms with Gasteiger partial charge in [-0.2, -0.15) is 8.42 Å². The van der Waals surface area contributed by atoms with Crippen molar-refractivity contribution >= 4 is 55.6 Å². The summed E-state index contributed by atoms with van der Waals surface area (Å²) in [7, 11) is -4.20. The molecule has 4 aromatic rings. The molecule has 0 saturated heterocycles. The maximum Gasteiger partial charge on any atom is 0.291 e. The van der Waals surface area contributed by atoms with E-state index in [1.165, 1.54) is 18.2 Å². The number of hydrogen-bond acceptors (Lipinski definition) is 7. The van der Waals surface area contributed by atoms with Gasteiger partial charge in [-0.3, -0.25) is 19.6 Å². The molecule has 9 nitrogen and oxygen atoms in total. The largest absolute Gasteiger partial charge is 0.345 e. The molecule has 1 heterocycles. The predicted molar refractivity (Wildman–Crippen MR) is 139 cm³/mol. The Kier molecular flexibility index (Phi) is 7.63. The first-order valence-corrected chi connectivity index (χ1v) is 13.3. The first-order valence-electron chi connectivity index (χ1n) is 10.6. The fraction of sp³-hybridized carbons (Fsp3) is 0.0833. The topological polar surface area (TPSA) is 130 Å². The molecule has 0 aliphatic carbocycles. The fourth-order valence-electron chi connectivity index (χ4n) is 3.24. The molecule has 3 aromatic carbocycles. The normalized spacial score (nSPS) is 11.9. The van der Waals surface area contributed by atoms with Crippen molar-refractivity contribution in [3.05, 3.63) is 101 Å². The minimum Gasteiger partial charge on any atom is -0.345 e. The summed E-state index contributed by atoms with van der Waals surface area (Å²) in [6, 6.07) is 21.7. The molecule has 3 N–H and O–H groups in total. The molecule has 0 unspecified atom stereocenters. The molecule has 1 atom stereocenters. The van der Waals surface area contributed by atoms with Crippen LogP contribution in [-0.4, -0.2) is 30.4 Å². The lowest BCUT2D eigenvalue weighted by molar-refractivity contribution is 0.0940. The number of rotatable bonds is 8. The van der Waals surface area contributed by atoms with Gasteiger partial charge in [0.1, 0.15) is 0 Å². The van der Waals surface area contributed by atoms with Gasteiger partial charge >= 0.3 is 0 Å². The third-order valence-electron chi connectivity index (χ3n) is 5.04. The zero-order chi connectivity index (χ0) is 25.7. The van der Waals surface area contributed by atoms with Gasteiger partial charge in [0.15, 0.2) is 0 Å². The van der Waals surface area contributed by atoms with E-state index in [4.69, 9.17) is 11.6 Å². The van der Waals surface area contributed by atoms with E-state index < -0.39 is 21.8 Å². The van der Waals surface area contributed by atoms with Gasteiger partial charge < -0.3 is 5.32 Å². The van der Waals surface area contributed by atoms with Gasteiger partial charge in [0.25, 0.3) is 26.2 Å². The molecule has 184 valence electrons. The summed E-state index contributed by atoms with van der Waals surface area (Å²) in [5.41, 5.74) is 1.33. The summed E-state index contributed by atoms with van der Waals surface area (Å²) < 4.78 is 28.0. The van der Waals surface area contributed by atoms with Crippen molar-refractivity contribution in [3.8, 4) is 0 Å². The third-order valence-corrected chi connectivity index (χ3v) is 7.94. The number of para-hydroxylation sites is 1. The van der Waals surface area contributed by atoms with Crippen molar-refractivity contribution in [2.24, 2.45) is 0 Å². The van der Waals surface area contributed by atoms with Crippen molar-refractivity contribution in [3.63, 3.8) is 0 Å².